The molecular formula is C14H17NO3. The second-order valence-electron chi connectivity index (χ2n) is 4.06. The Hall–Kier alpha value is -2.10. The molecule has 1 aromatic carbocycles. The van der Waals surface area contributed by atoms with Crippen LogP contribution in [0.4, 0.5) is 5.69 Å². The molecule has 18 heavy (non-hydrogen) atoms. The highest BCUT2D eigenvalue weighted by Crippen LogP contribution is 2.19. The monoisotopic (exact) mass is 247 g/mol. The van der Waals surface area contributed by atoms with E-state index in [9.17, 15) is 9.59 Å². The Labute approximate surface area is 106 Å². The summed E-state index contributed by atoms with van der Waals surface area (Å²) in [4.78, 5) is 22.4. The van der Waals surface area contributed by atoms with E-state index in [1.54, 1.807) is 37.3 Å². The minimum absolute atomic E-state index is 0.102. The molecule has 0 heterocycles. The van der Waals surface area contributed by atoms with Crippen LogP contribution in [0.15, 0.2) is 36.9 Å². The van der Waals surface area contributed by atoms with Crippen molar-refractivity contribution in [3.8, 4) is 0 Å². The summed E-state index contributed by atoms with van der Waals surface area (Å²) < 4.78 is 0. The molecule has 0 aliphatic heterocycles. The number of hydrogen-bond acceptors (Lipinski definition) is 2. The zero-order valence-corrected chi connectivity index (χ0v) is 10.3. The van der Waals surface area contributed by atoms with E-state index in [2.05, 4.69) is 11.9 Å². The first-order chi connectivity index (χ1) is 8.54. The number of allylic oxidation sites excluding steroid dienone is 1. The molecule has 96 valence electrons. The third-order valence-corrected chi connectivity index (χ3v) is 2.62. The van der Waals surface area contributed by atoms with E-state index in [1.165, 1.54) is 0 Å². The van der Waals surface area contributed by atoms with Crippen molar-refractivity contribution in [1.82, 2.24) is 0 Å². The summed E-state index contributed by atoms with van der Waals surface area (Å²) in [7, 11) is 0. The standard InChI is InChI=1S/C14H17NO3/c1-3-4-8-13(16)15-12-7-5-6-11(9-12)10(2)14(17)18/h3,5-7,9-10H,1,4,8H2,2H3,(H,15,16)(H,17,18). The van der Waals surface area contributed by atoms with Crippen LogP contribution in [0.3, 0.4) is 0 Å². The second kappa shape index (κ2) is 6.59. The van der Waals surface area contributed by atoms with Gasteiger partial charge in [-0.25, -0.2) is 0 Å². The molecule has 1 rings (SSSR count). The number of carbonyl (C=O) groups is 2. The molecule has 1 amide bonds. The first-order valence-electron chi connectivity index (χ1n) is 5.78. The number of anilines is 1. The van der Waals surface area contributed by atoms with Crippen LogP contribution in [0.25, 0.3) is 0 Å². The van der Waals surface area contributed by atoms with E-state index >= 15 is 0 Å². The molecule has 1 unspecified atom stereocenters. The molecule has 0 bridgehead atoms. The Morgan fingerprint density at radius 3 is 2.83 bits per heavy atom. The van der Waals surface area contributed by atoms with Crippen LogP contribution in [0.5, 0.6) is 0 Å². The van der Waals surface area contributed by atoms with Gasteiger partial charge in [0.05, 0.1) is 5.92 Å². The minimum atomic E-state index is -0.884. The van der Waals surface area contributed by atoms with Gasteiger partial charge in [0.1, 0.15) is 0 Å². The van der Waals surface area contributed by atoms with Crippen molar-refractivity contribution >= 4 is 17.6 Å². The van der Waals surface area contributed by atoms with Gasteiger partial charge in [0.2, 0.25) is 5.91 Å². The fraction of sp³-hybridized carbons (Fsp3) is 0.286. The summed E-state index contributed by atoms with van der Waals surface area (Å²) in [6.45, 7) is 5.16. The van der Waals surface area contributed by atoms with E-state index in [0.29, 0.717) is 24.1 Å². The number of benzene rings is 1. The number of carboxylic acid groups (broad SMARTS) is 1. The Bertz CT molecular complexity index is 454. The van der Waals surface area contributed by atoms with E-state index in [-0.39, 0.29) is 5.91 Å². The van der Waals surface area contributed by atoms with E-state index in [0.717, 1.165) is 0 Å². The Kier molecular flexibility index (Phi) is 5.11. The summed E-state index contributed by atoms with van der Waals surface area (Å²) in [5.74, 6) is -1.57. The van der Waals surface area contributed by atoms with Crippen molar-refractivity contribution in [3.05, 3.63) is 42.5 Å². The van der Waals surface area contributed by atoms with Gasteiger partial charge in [-0.05, 0) is 31.0 Å². The van der Waals surface area contributed by atoms with Crippen LogP contribution in [0.2, 0.25) is 0 Å². The fourth-order valence-corrected chi connectivity index (χ4v) is 1.48. The molecule has 1 aromatic rings. The van der Waals surface area contributed by atoms with Gasteiger partial charge in [-0.1, -0.05) is 18.2 Å². The molecule has 2 N–H and O–H groups in total. The smallest absolute Gasteiger partial charge is 0.310 e. The highest BCUT2D eigenvalue weighted by atomic mass is 16.4. The van der Waals surface area contributed by atoms with Crippen LogP contribution in [-0.4, -0.2) is 17.0 Å². The van der Waals surface area contributed by atoms with E-state index in [4.69, 9.17) is 5.11 Å². The Balaban J connectivity index is 2.73. The molecule has 0 radical (unpaired) electrons. The van der Waals surface area contributed by atoms with Gasteiger partial charge in [-0.15, -0.1) is 6.58 Å². The molecular weight excluding hydrogens is 230 g/mol. The van der Waals surface area contributed by atoms with Crippen LogP contribution < -0.4 is 5.32 Å². The number of carbonyl (C=O) groups excluding carboxylic acids is 1. The van der Waals surface area contributed by atoms with Crippen molar-refractivity contribution < 1.29 is 14.7 Å². The third kappa shape index (κ3) is 4.05. The summed E-state index contributed by atoms with van der Waals surface area (Å²) in [5.41, 5.74) is 1.29. The highest BCUT2D eigenvalue weighted by molar-refractivity contribution is 5.91. The average molecular weight is 247 g/mol. The van der Waals surface area contributed by atoms with Gasteiger partial charge >= 0.3 is 5.97 Å². The molecule has 4 heteroatoms. The zero-order chi connectivity index (χ0) is 13.5. The summed E-state index contributed by atoms with van der Waals surface area (Å²) in [6.07, 6.45) is 2.68. The van der Waals surface area contributed by atoms with Crippen LogP contribution >= 0.6 is 0 Å². The predicted molar refractivity (Wildman–Crippen MR) is 70.6 cm³/mol. The van der Waals surface area contributed by atoms with Gasteiger partial charge < -0.3 is 10.4 Å². The quantitative estimate of drug-likeness (QED) is 0.759. The molecule has 0 fully saturated rings. The molecule has 0 aliphatic carbocycles. The van der Waals surface area contributed by atoms with Crippen molar-refractivity contribution in [2.45, 2.75) is 25.7 Å². The average Bonchev–Trinajstić information content (AvgIpc) is 2.35. The number of nitrogens with one attached hydrogen (secondary N) is 1. The predicted octanol–water partition coefficient (Wildman–Crippen LogP) is 2.78. The summed E-state index contributed by atoms with van der Waals surface area (Å²) in [6, 6.07) is 6.89. The SMILES string of the molecule is C=CCCC(=O)Nc1cccc(C(C)C(=O)O)c1. The molecule has 0 aromatic heterocycles. The van der Waals surface area contributed by atoms with E-state index < -0.39 is 11.9 Å². The maximum atomic E-state index is 11.5. The van der Waals surface area contributed by atoms with Crippen LogP contribution in [0, 0.1) is 0 Å². The maximum Gasteiger partial charge on any atom is 0.310 e. The lowest BCUT2D eigenvalue weighted by Crippen LogP contribution is -2.12. The van der Waals surface area contributed by atoms with Gasteiger partial charge in [0.15, 0.2) is 0 Å². The topological polar surface area (TPSA) is 66.4 Å². The molecule has 0 saturated carbocycles. The Morgan fingerprint density at radius 2 is 2.22 bits per heavy atom. The van der Waals surface area contributed by atoms with Crippen LogP contribution in [0.1, 0.15) is 31.2 Å². The normalized spacial score (nSPS) is 11.6. The largest absolute Gasteiger partial charge is 0.481 e. The summed E-state index contributed by atoms with van der Waals surface area (Å²) >= 11 is 0. The molecule has 0 aliphatic rings. The third-order valence-electron chi connectivity index (χ3n) is 2.62. The number of hydrogen-bond donors (Lipinski definition) is 2. The molecule has 0 saturated heterocycles. The molecule has 4 nitrogen and oxygen atoms in total. The number of rotatable bonds is 6. The van der Waals surface area contributed by atoms with E-state index in [1.807, 2.05) is 0 Å². The summed E-state index contributed by atoms with van der Waals surface area (Å²) in [5, 5.41) is 11.7. The highest BCUT2D eigenvalue weighted by Gasteiger charge is 2.13. The van der Waals surface area contributed by atoms with Crippen molar-refractivity contribution in [2.75, 3.05) is 5.32 Å². The lowest BCUT2D eigenvalue weighted by Gasteiger charge is -2.09. The number of aliphatic carboxylic acids is 1. The zero-order valence-electron chi connectivity index (χ0n) is 10.3. The molecule has 1 atom stereocenters. The minimum Gasteiger partial charge on any atom is -0.481 e. The lowest BCUT2D eigenvalue weighted by molar-refractivity contribution is -0.138. The first kappa shape index (κ1) is 14.0. The van der Waals surface area contributed by atoms with Gasteiger partial charge in [0, 0.05) is 12.1 Å². The van der Waals surface area contributed by atoms with Gasteiger partial charge in [-0.2, -0.15) is 0 Å². The van der Waals surface area contributed by atoms with Crippen molar-refractivity contribution in [3.63, 3.8) is 0 Å². The number of amides is 1. The van der Waals surface area contributed by atoms with Crippen LogP contribution in [-0.2, 0) is 9.59 Å². The first-order valence-corrected chi connectivity index (χ1v) is 5.78. The fourth-order valence-electron chi connectivity index (χ4n) is 1.48. The van der Waals surface area contributed by atoms with Crippen molar-refractivity contribution in [2.24, 2.45) is 0 Å². The maximum absolute atomic E-state index is 11.5. The number of carboxylic acids is 1. The lowest BCUT2D eigenvalue weighted by atomic mass is 10.0. The van der Waals surface area contributed by atoms with Gasteiger partial charge in [-0.3, -0.25) is 9.59 Å². The Morgan fingerprint density at radius 1 is 1.50 bits per heavy atom. The molecule has 0 spiro atoms. The van der Waals surface area contributed by atoms with Gasteiger partial charge in [0.25, 0.3) is 0 Å². The second-order valence-corrected chi connectivity index (χ2v) is 4.06. The van der Waals surface area contributed by atoms with Crippen molar-refractivity contribution in [1.29, 1.82) is 0 Å².